The average Bonchev–Trinajstić information content (AvgIpc) is 2.14. The van der Waals surface area contributed by atoms with Crippen LogP contribution in [0.25, 0.3) is 0 Å². The van der Waals surface area contributed by atoms with Gasteiger partial charge >= 0.3 is 6.72 Å². The summed E-state index contributed by atoms with van der Waals surface area (Å²) >= 11 is 0. The van der Waals surface area contributed by atoms with E-state index >= 15 is 0 Å². The van der Waals surface area contributed by atoms with Crippen LogP contribution >= 0.6 is 6.72 Å². The molecule has 0 fully saturated rings. The van der Waals surface area contributed by atoms with Crippen LogP contribution in [0.15, 0.2) is 0 Å². The fourth-order valence-corrected chi connectivity index (χ4v) is 3.12. The Labute approximate surface area is 96.8 Å². The zero-order chi connectivity index (χ0) is 11.6. The van der Waals surface area contributed by atoms with E-state index in [1.165, 1.54) is 38.5 Å². The Kier molecular flexibility index (Phi) is 10.1. The highest BCUT2D eigenvalue weighted by Gasteiger charge is 2.17. The van der Waals surface area contributed by atoms with Crippen LogP contribution in [0.3, 0.4) is 0 Å². The Morgan fingerprint density at radius 2 is 1.27 bits per heavy atom. The van der Waals surface area contributed by atoms with E-state index in [9.17, 15) is 0 Å². The molecule has 3 N–H and O–H groups in total. The monoisotopic (exact) mass is 255 g/mol. The smallest absolute Gasteiger partial charge is 0.290 e. The van der Waals surface area contributed by atoms with Crippen LogP contribution in [0.4, 0.5) is 0 Å². The molecule has 0 heterocycles. The normalized spacial score (nSPS) is 11.7. The van der Waals surface area contributed by atoms with Crippen molar-refractivity contribution in [2.75, 3.05) is 5.75 Å². The molecule has 0 aliphatic heterocycles. The van der Waals surface area contributed by atoms with Crippen LogP contribution in [-0.2, 0) is 10.9 Å². The molecule has 15 heavy (non-hydrogen) atoms. The van der Waals surface area contributed by atoms with Crippen molar-refractivity contribution in [3.8, 4) is 0 Å². The lowest BCUT2D eigenvalue weighted by Gasteiger charge is -1.98. The summed E-state index contributed by atoms with van der Waals surface area (Å²) in [6, 6.07) is 0. The molecule has 0 rings (SSSR count). The molecule has 0 unspecified atom stereocenters. The van der Waals surface area contributed by atoms with Crippen molar-refractivity contribution in [3.05, 3.63) is 0 Å². The van der Waals surface area contributed by atoms with Crippen LogP contribution in [0, 0.1) is 0 Å². The van der Waals surface area contributed by atoms with Gasteiger partial charge in [-0.2, -0.15) is 0 Å². The summed E-state index contributed by atoms with van der Waals surface area (Å²) < 4.78 is 0. The number of rotatable bonds is 9. The standard InChI is InChI=1S/C10H24O3PS/c1-2-3-4-5-6-7-8-9-10-15-14(11,12)13/h11-13H,2-10H2,1H3/q+1. The molecule has 0 aromatic heterocycles. The van der Waals surface area contributed by atoms with Crippen molar-refractivity contribution >= 4 is 17.7 Å². The van der Waals surface area contributed by atoms with Gasteiger partial charge in [0.15, 0.2) is 5.75 Å². The van der Waals surface area contributed by atoms with Crippen LogP contribution in [0.2, 0.25) is 0 Å². The van der Waals surface area contributed by atoms with Gasteiger partial charge in [0.2, 0.25) is 10.9 Å². The maximum absolute atomic E-state index is 8.70. The zero-order valence-electron chi connectivity index (χ0n) is 9.56. The number of hydrogen-bond acceptors (Lipinski definition) is 0. The highest BCUT2D eigenvalue weighted by atomic mass is 32.5. The molecule has 0 aliphatic rings. The van der Waals surface area contributed by atoms with Crippen molar-refractivity contribution in [1.29, 1.82) is 0 Å². The van der Waals surface area contributed by atoms with E-state index in [-0.39, 0.29) is 0 Å². The van der Waals surface area contributed by atoms with E-state index in [1.807, 2.05) is 0 Å². The Hall–Kier alpha value is 0.530. The van der Waals surface area contributed by atoms with Crippen molar-refractivity contribution in [2.24, 2.45) is 0 Å². The van der Waals surface area contributed by atoms with Gasteiger partial charge in [0.25, 0.3) is 0 Å². The molecule has 3 nitrogen and oxygen atoms in total. The lowest BCUT2D eigenvalue weighted by molar-refractivity contribution is 0.363. The summed E-state index contributed by atoms with van der Waals surface area (Å²) in [7, 11) is 0.883. The average molecular weight is 255 g/mol. The van der Waals surface area contributed by atoms with E-state index in [4.69, 9.17) is 14.7 Å². The third-order valence-corrected chi connectivity index (χ3v) is 4.67. The minimum absolute atomic E-state index is 0.645. The highest BCUT2D eigenvalue weighted by molar-refractivity contribution is 8.16. The van der Waals surface area contributed by atoms with E-state index in [0.717, 1.165) is 23.8 Å². The van der Waals surface area contributed by atoms with E-state index in [2.05, 4.69) is 6.92 Å². The van der Waals surface area contributed by atoms with Gasteiger partial charge in [-0.05, 0) is 6.42 Å². The first-order valence-corrected chi connectivity index (χ1v) is 9.02. The third kappa shape index (κ3) is 14.5. The lowest BCUT2D eigenvalue weighted by Crippen LogP contribution is -1.87. The van der Waals surface area contributed by atoms with E-state index < -0.39 is 6.72 Å². The fourth-order valence-electron chi connectivity index (χ4n) is 1.42. The van der Waals surface area contributed by atoms with Crippen LogP contribution < -0.4 is 0 Å². The molecule has 0 saturated carbocycles. The minimum Gasteiger partial charge on any atom is -0.290 e. The molecular formula is C10H24O3PS+. The topological polar surface area (TPSA) is 60.7 Å². The SMILES string of the molecule is CCCCCCCCCC[S+]=P(O)(O)O. The van der Waals surface area contributed by atoms with Gasteiger partial charge in [-0.25, -0.2) is 0 Å². The Morgan fingerprint density at radius 1 is 0.800 bits per heavy atom. The fraction of sp³-hybridized carbons (Fsp3) is 1.00. The second kappa shape index (κ2) is 9.73. The summed E-state index contributed by atoms with van der Waals surface area (Å²) in [5.41, 5.74) is 0. The molecule has 0 aliphatic carbocycles. The van der Waals surface area contributed by atoms with Gasteiger partial charge < -0.3 is 0 Å². The van der Waals surface area contributed by atoms with E-state index in [1.54, 1.807) is 0 Å². The van der Waals surface area contributed by atoms with Crippen molar-refractivity contribution in [2.45, 2.75) is 58.3 Å². The summed E-state index contributed by atoms with van der Waals surface area (Å²) in [5, 5.41) is 0. The Morgan fingerprint density at radius 3 is 1.73 bits per heavy atom. The molecule has 92 valence electrons. The van der Waals surface area contributed by atoms with Crippen LogP contribution in [0.1, 0.15) is 58.3 Å². The van der Waals surface area contributed by atoms with Gasteiger partial charge in [0.05, 0.1) is 0 Å². The largest absolute Gasteiger partial charge is 0.515 e. The molecule has 0 bridgehead atoms. The second-order valence-corrected chi connectivity index (χ2v) is 7.76. The Balaban J connectivity index is 3.12. The maximum Gasteiger partial charge on any atom is 0.515 e. The summed E-state index contributed by atoms with van der Waals surface area (Å²) in [5.74, 6) is 0.645. The molecule has 0 aromatic carbocycles. The van der Waals surface area contributed by atoms with Gasteiger partial charge in [-0.15, -0.1) is 0 Å². The van der Waals surface area contributed by atoms with Crippen molar-refractivity contribution < 1.29 is 14.7 Å². The molecule has 0 saturated heterocycles. The molecule has 0 spiro atoms. The summed E-state index contributed by atoms with van der Waals surface area (Å²) in [6.07, 6.45) is 9.86. The van der Waals surface area contributed by atoms with Crippen molar-refractivity contribution in [3.63, 3.8) is 0 Å². The first-order chi connectivity index (χ1) is 7.06. The lowest BCUT2D eigenvalue weighted by atomic mass is 10.1. The summed E-state index contributed by atoms with van der Waals surface area (Å²) in [6.45, 7) is -1.36. The molecule has 5 heteroatoms. The predicted octanol–water partition coefficient (Wildman–Crippen LogP) is 2.86. The zero-order valence-corrected chi connectivity index (χ0v) is 11.3. The van der Waals surface area contributed by atoms with Crippen LogP contribution in [0.5, 0.6) is 0 Å². The van der Waals surface area contributed by atoms with Gasteiger partial charge in [-0.3, -0.25) is 14.7 Å². The second-order valence-electron chi connectivity index (χ2n) is 3.82. The Bertz CT molecular complexity index is 183. The maximum atomic E-state index is 8.70. The molecule has 0 radical (unpaired) electrons. The molecular weight excluding hydrogens is 231 g/mol. The molecule has 0 amide bonds. The first-order valence-electron chi connectivity index (χ1n) is 5.78. The highest BCUT2D eigenvalue weighted by Crippen LogP contribution is 2.31. The molecule has 0 atom stereocenters. The number of hydrogen-bond donors (Lipinski definition) is 3. The summed E-state index contributed by atoms with van der Waals surface area (Å²) in [4.78, 5) is 26.1. The minimum atomic E-state index is -3.57. The van der Waals surface area contributed by atoms with Crippen LogP contribution in [-0.4, -0.2) is 20.4 Å². The third-order valence-electron chi connectivity index (χ3n) is 2.26. The first kappa shape index (κ1) is 15.5. The van der Waals surface area contributed by atoms with Gasteiger partial charge in [0, 0.05) is 6.42 Å². The van der Waals surface area contributed by atoms with Crippen molar-refractivity contribution in [1.82, 2.24) is 0 Å². The number of unbranched alkanes of at least 4 members (excludes halogenated alkanes) is 7. The van der Waals surface area contributed by atoms with Gasteiger partial charge in [0.1, 0.15) is 0 Å². The van der Waals surface area contributed by atoms with E-state index in [0.29, 0.717) is 5.75 Å². The molecule has 0 aromatic rings. The predicted molar refractivity (Wildman–Crippen MR) is 68.4 cm³/mol. The van der Waals surface area contributed by atoms with Gasteiger partial charge in [-0.1, -0.05) is 45.4 Å². The quantitative estimate of drug-likeness (QED) is 0.337.